The summed E-state index contributed by atoms with van der Waals surface area (Å²) < 4.78 is 15.0. The Labute approximate surface area is 173 Å². The van der Waals surface area contributed by atoms with Gasteiger partial charge in [-0.25, -0.2) is 4.39 Å². The number of hydrogen-bond donors (Lipinski definition) is 2. The Morgan fingerprint density at radius 2 is 1.89 bits per heavy atom. The van der Waals surface area contributed by atoms with E-state index < -0.39 is 11.5 Å². The predicted molar refractivity (Wildman–Crippen MR) is 111 cm³/mol. The molecule has 1 heterocycles. The fourth-order valence-corrected chi connectivity index (χ4v) is 4.16. The minimum Gasteiger partial charge on any atom is -0.356 e. The Balaban J connectivity index is 1.97. The molecule has 1 aliphatic carbocycles. The summed E-state index contributed by atoms with van der Waals surface area (Å²) in [5.41, 5.74) is 1.32. The molecule has 4 nitrogen and oxygen atoms in total. The largest absolute Gasteiger partial charge is 0.356 e. The van der Waals surface area contributed by atoms with E-state index in [2.05, 4.69) is 10.6 Å². The fraction of sp³-hybridized carbons (Fsp3) is 0.286. The maximum atomic E-state index is 15.0. The summed E-state index contributed by atoms with van der Waals surface area (Å²) in [5.74, 6) is -0.540. The van der Waals surface area contributed by atoms with Crippen molar-refractivity contribution >= 4 is 40.5 Å². The van der Waals surface area contributed by atoms with Crippen LogP contribution in [0.25, 0.3) is 5.70 Å². The maximum Gasteiger partial charge on any atom is 0.269 e. The highest BCUT2D eigenvalue weighted by atomic mass is 35.5. The quantitative estimate of drug-likeness (QED) is 0.748. The van der Waals surface area contributed by atoms with Crippen LogP contribution >= 0.6 is 23.2 Å². The van der Waals surface area contributed by atoms with Crippen molar-refractivity contribution in [2.75, 3.05) is 11.9 Å². The second kappa shape index (κ2) is 6.98. The summed E-state index contributed by atoms with van der Waals surface area (Å²) in [5, 5.41) is 6.66. The molecule has 1 saturated carbocycles. The number of carbonyl (C=O) groups excluding carboxylic acids is 1. The third-order valence-corrected chi connectivity index (χ3v) is 5.96. The molecule has 2 N–H and O–H groups in total. The van der Waals surface area contributed by atoms with E-state index in [9.17, 15) is 4.79 Å². The molecule has 0 aromatic heterocycles. The molecule has 146 valence electrons. The Bertz CT molecular complexity index is 972. The lowest BCUT2D eigenvalue weighted by Crippen LogP contribution is -2.53. The molecule has 2 aliphatic rings. The van der Waals surface area contributed by atoms with Crippen LogP contribution in [-0.2, 0) is 4.79 Å². The first-order valence-electron chi connectivity index (χ1n) is 9.11. The summed E-state index contributed by atoms with van der Waals surface area (Å²) in [7, 11) is 1.56. The summed E-state index contributed by atoms with van der Waals surface area (Å²) in [4.78, 5) is 14.7. The van der Waals surface area contributed by atoms with Crippen molar-refractivity contribution < 1.29 is 9.18 Å². The normalized spacial score (nSPS) is 21.7. The van der Waals surface area contributed by atoms with Crippen molar-refractivity contribution in [1.82, 2.24) is 10.6 Å². The number of nitrogens with one attached hydrogen (secondary N) is 2. The summed E-state index contributed by atoms with van der Waals surface area (Å²) >= 11 is 12.1. The molecule has 2 aromatic rings. The highest BCUT2D eigenvalue weighted by Gasteiger charge is 2.53. The van der Waals surface area contributed by atoms with Gasteiger partial charge in [0.15, 0.2) is 5.82 Å². The molecule has 0 spiro atoms. The number of nitrogens with zero attached hydrogens (tertiary/aromatic N) is 1. The van der Waals surface area contributed by atoms with Gasteiger partial charge in [-0.3, -0.25) is 4.79 Å². The molecule has 1 unspecified atom stereocenters. The molecular weight excluding hydrogens is 400 g/mol. The average molecular weight is 420 g/mol. The van der Waals surface area contributed by atoms with Crippen molar-refractivity contribution in [3.05, 3.63) is 69.6 Å². The Hall–Kier alpha value is -2.24. The summed E-state index contributed by atoms with van der Waals surface area (Å²) in [6.07, 6.45) is 2.06. The smallest absolute Gasteiger partial charge is 0.269 e. The predicted octanol–water partition coefficient (Wildman–Crippen LogP) is 4.78. The number of halogens is 3. The van der Waals surface area contributed by atoms with Gasteiger partial charge in [-0.2, -0.15) is 0 Å². The minimum absolute atomic E-state index is 0.0114. The van der Waals surface area contributed by atoms with E-state index in [1.807, 2.05) is 24.0 Å². The van der Waals surface area contributed by atoms with Gasteiger partial charge in [-0.15, -0.1) is 0 Å². The monoisotopic (exact) mass is 419 g/mol. The third-order valence-electron chi connectivity index (χ3n) is 5.42. The first-order valence-corrected chi connectivity index (χ1v) is 9.87. The van der Waals surface area contributed by atoms with Gasteiger partial charge in [0.25, 0.3) is 5.91 Å². The van der Waals surface area contributed by atoms with Crippen LogP contribution in [0.5, 0.6) is 0 Å². The van der Waals surface area contributed by atoms with Crippen LogP contribution < -0.4 is 15.5 Å². The van der Waals surface area contributed by atoms with Gasteiger partial charge < -0.3 is 15.5 Å². The lowest BCUT2D eigenvalue weighted by Gasteiger charge is -2.39. The molecule has 1 fully saturated rings. The molecule has 1 aliphatic heterocycles. The van der Waals surface area contributed by atoms with Crippen LogP contribution in [0.1, 0.15) is 25.3 Å². The number of hydrogen-bond acceptors (Lipinski definition) is 3. The Morgan fingerprint density at radius 1 is 1.21 bits per heavy atom. The lowest BCUT2D eigenvalue weighted by molar-refractivity contribution is -0.117. The van der Waals surface area contributed by atoms with E-state index in [-0.39, 0.29) is 16.5 Å². The van der Waals surface area contributed by atoms with Crippen LogP contribution in [0.4, 0.5) is 10.1 Å². The molecular formula is C21H20Cl2FN3O. The van der Waals surface area contributed by atoms with Crippen molar-refractivity contribution in [2.24, 2.45) is 5.92 Å². The highest BCUT2D eigenvalue weighted by Crippen LogP contribution is 2.50. The Kier molecular flexibility index (Phi) is 4.76. The molecule has 1 amide bonds. The SMILES string of the molecule is CNC(=O)C1=C(c2cccc(Cl)c2F)N(c2ccc(Cl)cc2)C(C)(C2CC2)N1. The average Bonchev–Trinajstić information content (AvgIpc) is 3.49. The van der Waals surface area contributed by atoms with E-state index in [4.69, 9.17) is 23.2 Å². The summed E-state index contributed by atoms with van der Waals surface area (Å²) in [6.45, 7) is 2.04. The van der Waals surface area contributed by atoms with Crippen molar-refractivity contribution in [2.45, 2.75) is 25.4 Å². The van der Waals surface area contributed by atoms with Crippen LogP contribution in [0.3, 0.4) is 0 Å². The zero-order valence-corrected chi connectivity index (χ0v) is 17.0. The number of anilines is 1. The maximum absolute atomic E-state index is 15.0. The summed E-state index contributed by atoms with van der Waals surface area (Å²) in [6, 6.07) is 12.1. The van der Waals surface area contributed by atoms with Gasteiger partial charge in [-0.05, 0) is 56.2 Å². The van der Waals surface area contributed by atoms with E-state index in [0.29, 0.717) is 22.3 Å². The highest BCUT2D eigenvalue weighted by molar-refractivity contribution is 6.31. The van der Waals surface area contributed by atoms with E-state index >= 15 is 4.39 Å². The number of amides is 1. The zero-order chi connectivity index (χ0) is 20.1. The molecule has 7 heteroatoms. The van der Waals surface area contributed by atoms with Crippen LogP contribution in [-0.4, -0.2) is 18.6 Å². The van der Waals surface area contributed by atoms with E-state index in [1.165, 1.54) is 6.07 Å². The first-order chi connectivity index (χ1) is 13.4. The van der Waals surface area contributed by atoms with Gasteiger partial charge in [0.05, 0.1) is 10.7 Å². The molecule has 0 saturated heterocycles. The first kappa shape index (κ1) is 19.1. The number of carbonyl (C=O) groups is 1. The second-order valence-corrected chi connectivity index (χ2v) is 8.11. The minimum atomic E-state index is -0.570. The van der Waals surface area contributed by atoms with Gasteiger partial charge in [-0.1, -0.05) is 29.3 Å². The Morgan fingerprint density at radius 3 is 2.50 bits per heavy atom. The van der Waals surface area contributed by atoms with Crippen molar-refractivity contribution in [1.29, 1.82) is 0 Å². The number of benzene rings is 2. The molecule has 28 heavy (non-hydrogen) atoms. The topological polar surface area (TPSA) is 44.4 Å². The van der Waals surface area contributed by atoms with Crippen LogP contribution in [0, 0.1) is 11.7 Å². The van der Waals surface area contributed by atoms with Crippen molar-refractivity contribution in [3.8, 4) is 0 Å². The molecule has 0 bridgehead atoms. The van der Waals surface area contributed by atoms with Crippen LogP contribution in [0.2, 0.25) is 10.0 Å². The van der Waals surface area contributed by atoms with Gasteiger partial charge in [0, 0.05) is 29.2 Å². The number of rotatable bonds is 4. The molecule has 0 radical (unpaired) electrons. The zero-order valence-electron chi connectivity index (χ0n) is 15.5. The van der Waals surface area contributed by atoms with Gasteiger partial charge in [0.2, 0.25) is 0 Å². The van der Waals surface area contributed by atoms with Gasteiger partial charge in [0.1, 0.15) is 11.4 Å². The third kappa shape index (κ3) is 3.03. The van der Waals surface area contributed by atoms with E-state index in [1.54, 1.807) is 31.3 Å². The standard InChI is InChI=1S/C21H20Cl2FN3O/c1-21(12-6-7-12)26-18(20(28)25-2)19(15-4-3-5-16(23)17(15)24)27(21)14-10-8-13(22)9-11-14/h3-5,8-12,26H,6-7H2,1-2H3,(H,25,28). The fourth-order valence-electron chi connectivity index (χ4n) is 3.86. The van der Waals surface area contributed by atoms with Gasteiger partial charge >= 0.3 is 0 Å². The molecule has 2 aromatic carbocycles. The second-order valence-electron chi connectivity index (χ2n) is 7.26. The molecule has 1 atom stereocenters. The van der Waals surface area contributed by atoms with E-state index in [0.717, 1.165) is 18.5 Å². The van der Waals surface area contributed by atoms with Crippen LogP contribution in [0.15, 0.2) is 48.2 Å². The van der Waals surface area contributed by atoms with Crippen molar-refractivity contribution in [3.63, 3.8) is 0 Å². The molecule has 4 rings (SSSR count). The lowest BCUT2D eigenvalue weighted by atomic mass is 10.0. The number of likely N-dealkylation sites (N-methyl/N-ethyl adjacent to an activating group) is 1.